The van der Waals surface area contributed by atoms with Crippen LogP contribution in [0.25, 0.3) is 22.3 Å². The number of hydrogen-bond donors (Lipinski definition) is 2. The summed E-state index contributed by atoms with van der Waals surface area (Å²) < 4.78 is 77.9. The number of anilines is 1. The van der Waals surface area contributed by atoms with Gasteiger partial charge < -0.3 is 15.4 Å². The highest BCUT2D eigenvalue weighted by molar-refractivity contribution is 7.90. The van der Waals surface area contributed by atoms with Gasteiger partial charge >= 0.3 is 6.09 Å². The normalized spacial score (nSPS) is 16.7. The lowest BCUT2D eigenvalue weighted by Gasteiger charge is -2.30. The van der Waals surface area contributed by atoms with Crippen molar-refractivity contribution in [3.05, 3.63) is 108 Å². The lowest BCUT2D eigenvalue weighted by Crippen LogP contribution is -2.42. The lowest BCUT2D eigenvalue weighted by molar-refractivity contribution is 0.132. The number of nitrogens with one attached hydrogen (secondary N) is 2. The number of aromatic nitrogens is 3. The highest BCUT2D eigenvalue weighted by atomic mass is 32.2. The van der Waals surface area contributed by atoms with Crippen molar-refractivity contribution in [1.29, 1.82) is 0 Å². The Labute approximate surface area is 263 Å². The second-order valence-electron chi connectivity index (χ2n) is 11.2. The van der Waals surface area contributed by atoms with Crippen LogP contribution in [-0.4, -0.2) is 40.5 Å². The average Bonchev–Trinajstić information content (AvgIpc) is 3.43. The molecule has 1 amide bonds. The average molecular weight is 650 g/mol. The Kier molecular flexibility index (Phi) is 8.67. The Bertz CT molecular complexity index is 2000. The minimum Gasteiger partial charge on any atom is -0.445 e. The summed E-state index contributed by atoms with van der Waals surface area (Å²) in [7, 11) is -4.32. The van der Waals surface area contributed by atoms with Crippen LogP contribution in [-0.2, 0) is 21.4 Å². The number of rotatable bonds is 8. The number of fused-ring (bicyclic) bond motifs is 1. The van der Waals surface area contributed by atoms with Gasteiger partial charge in [0.05, 0.1) is 11.1 Å². The summed E-state index contributed by atoms with van der Waals surface area (Å²) in [5.74, 6) is -3.09. The Balaban J connectivity index is 1.25. The van der Waals surface area contributed by atoms with Gasteiger partial charge in [-0.15, -0.1) is 0 Å². The van der Waals surface area contributed by atoms with E-state index in [4.69, 9.17) is 4.74 Å². The maximum absolute atomic E-state index is 15.2. The molecule has 0 radical (unpaired) electrons. The zero-order chi connectivity index (χ0) is 32.4. The van der Waals surface area contributed by atoms with Crippen LogP contribution in [0.1, 0.15) is 36.8 Å². The van der Waals surface area contributed by atoms with Gasteiger partial charge in [-0.25, -0.2) is 40.3 Å². The molecule has 2 atom stereocenters. The summed E-state index contributed by atoms with van der Waals surface area (Å²) in [6.45, 7) is 1.93. The molecule has 2 N–H and O–H groups in total. The first-order valence-electron chi connectivity index (χ1n) is 14.7. The summed E-state index contributed by atoms with van der Waals surface area (Å²) in [5.41, 5.74) is 1.29. The Morgan fingerprint density at radius 2 is 1.74 bits per heavy atom. The summed E-state index contributed by atoms with van der Waals surface area (Å²) in [6, 6.07) is 16.4. The molecule has 1 aliphatic carbocycles. The number of carbonyl (C=O) groups excluding carboxylic acids is 1. The second kappa shape index (κ2) is 12.8. The van der Waals surface area contributed by atoms with Crippen LogP contribution in [0.15, 0.2) is 84.0 Å². The summed E-state index contributed by atoms with van der Waals surface area (Å²) in [6.07, 6.45) is 4.05. The SMILES string of the molecule is Cc1ccc(S(=O)(=O)n2cc(-c3ncc(F)c(N[C@@H]4CCC[C@H](NC(=O)OCc5ccccc5)C4)n3)c3cc(F)cc(F)c32)cc1. The summed E-state index contributed by atoms with van der Waals surface area (Å²) >= 11 is 0. The van der Waals surface area contributed by atoms with E-state index in [1.807, 2.05) is 30.3 Å². The van der Waals surface area contributed by atoms with E-state index < -0.39 is 33.6 Å². The minimum absolute atomic E-state index is 0.00325. The fourth-order valence-electron chi connectivity index (χ4n) is 5.61. The smallest absolute Gasteiger partial charge is 0.407 e. The number of nitrogens with zero attached hydrogens (tertiary/aromatic N) is 3. The molecule has 0 saturated heterocycles. The van der Waals surface area contributed by atoms with Crippen LogP contribution in [0.2, 0.25) is 0 Å². The van der Waals surface area contributed by atoms with E-state index in [1.165, 1.54) is 12.1 Å². The van der Waals surface area contributed by atoms with Gasteiger partial charge in [-0.05, 0) is 56.4 Å². The maximum atomic E-state index is 15.2. The van der Waals surface area contributed by atoms with Crippen LogP contribution < -0.4 is 10.6 Å². The van der Waals surface area contributed by atoms with Gasteiger partial charge in [-0.3, -0.25) is 0 Å². The molecule has 238 valence electrons. The molecule has 0 spiro atoms. The topological polar surface area (TPSA) is 115 Å². The molecule has 0 bridgehead atoms. The van der Waals surface area contributed by atoms with E-state index in [1.54, 1.807) is 19.1 Å². The van der Waals surface area contributed by atoms with E-state index in [-0.39, 0.29) is 51.7 Å². The van der Waals surface area contributed by atoms with Crippen molar-refractivity contribution in [2.75, 3.05) is 5.32 Å². The van der Waals surface area contributed by atoms with Crippen LogP contribution in [0.3, 0.4) is 0 Å². The van der Waals surface area contributed by atoms with Crippen LogP contribution in [0, 0.1) is 24.4 Å². The Morgan fingerprint density at radius 1 is 1.00 bits per heavy atom. The van der Waals surface area contributed by atoms with Gasteiger partial charge in [-0.1, -0.05) is 48.0 Å². The first kappa shape index (κ1) is 31.1. The molecule has 6 rings (SSSR count). The number of aryl methyl sites for hydroxylation is 1. The molecule has 0 aliphatic heterocycles. The van der Waals surface area contributed by atoms with Crippen molar-refractivity contribution in [2.45, 2.75) is 56.2 Å². The maximum Gasteiger partial charge on any atom is 0.407 e. The van der Waals surface area contributed by atoms with Crippen molar-refractivity contribution in [3.8, 4) is 11.4 Å². The van der Waals surface area contributed by atoms with Crippen molar-refractivity contribution < 1.29 is 31.1 Å². The van der Waals surface area contributed by atoms with Gasteiger partial charge in [0.15, 0.2) is 23.3 Å². The van der Waals surface area contributed by atoms with Crippen LogP contribution in [0.4, 0.5) is 23.8 Å². The zero-order valence-electron chi connectivity index (χ0n) is 24.7. The van der Waals surface area contributed by atoms with Gasteiger partial charge in [0.2, 0.25) is 0 Å². The van der Waals surface area contributed by atoms with Crippen molar-refractivity contribution in [3.63, 3.8) is 0 Å². The van der Waals surface area contributed by atoms with Crippen molar-refractivity contribution in [1.82, 2.24) is 19.3 Å². The predicted octanol–water partition coefficient (Wildman–Crippen LogP) is 6.71. The molecule has 2 heterocycles. The van der Waals surface area contributed by atoms with Crippen LogP contribution >= 0.6 is 0 Å². The molecule has 1 fully saturated rings. The number of alkyl carbamates (subject to hydrolysis) is 1. The quantitative estimate of drug-likeness (QED) is 0.192. The molecule has 1 saturated carbocycles. The van der Waals surface area contributed by atoms with Crippen LogP contribution in [0.5, 0.6) is 0 Å². The molecule has 9 nitrogen and oxygen atoms in total. The molecule has 1 aliphatic rings. The van der Waals surface area contributed by atoms with E-state index in [0.717, 1.165) is 40.0 Å². The summed E-state index contributed by atoms with van der Waals surface area (Å²) in [4.78, 5) is 20.7. The standard InChI is InChI=1S/C33H30F3N5O4S/c1-20-10-12-25(13-11-20)46(43,44)41-18-27(26-14-22(34)15-28(35)30(26)41)31-37-17-29(36)32(40-31)38-23-8-5-9-24(16-23)39-33(42)45-19-21-6-3-2-4-7-21/h2-4,6-7,10-15,17-18,23-24H,5,8-9,16,19H2,1H3,(H,39,42)(H,37,38,40)/t23-,24+/m1/s1. The number of halogens is 3. The summed E-state index contributed by atoms with van der Waals surface area (Å²) in [5, 5.41) is 5.83. The largest absolute Gasteiger partial charge is 0.445 e. The van der Waals surface area contributed by atoms with E-state index in [2.05, 4.69) is 20.6 Å². The molecule has 3 aromatic carbocycles. The molecule has 13 heteroatoms. The zero-order valence-corrected chi connectivity index (χ0v) is 25.5. The van der Waals surface area contributed by atoms with Gasteiger partial charge in [0.1, 0.15) is 17.9 Å². The fourth-order valence-corrected chi connectivity index (χ4v) is 6.99. The first-order chi connectivity index (χ1) is 22.1. The molecular weight excluding hydrogens is 619 g/mol. The third-order valence-corrected chi connectivity index (χ3v) is 9.57. The van der Waals surface area contributed by atoms with Crippen molar-refractivity contribution in [2.24, 2.45) is 0 Å². The second-order valence-corrected chi connectivity index (χ2v) is 13.1. The van der Waals surface area contributed by atoms with Crippen molar-refractivity contribution >= 4 is 32.8 Å². The highest BCUT2D eigenvalue weighted by Crippen LogP contribution is 2.35. The third-order valence-electron chi connectivity index (χ3n) is 7.90. The number of hydrogen-bond acceptors (Lipinski definition) is 7. The Hall–Kier alpha value is -4.91. The van der Waals surface area contributed by atoms with Gasteiger partial charge in [-0.2, -0.15) is 0 Å². The fraction of sp³-hybridized carbons (Fsp3) is 0.242. The van der Waals surface area contributed by atoms with Gasteiger partial charge in [0, 0.05) is 35.3 Å². The van der Waals surface area contributed by atoms with E-state index in [9.17, 15) is 17.6 Å². The highest BCUT2D eigenvalue weighted by Gasteiger charge is 2.28. The minimum atomic E-state index is -4.32. The molecule has 2 aromatic heterocycles. The molecule has 5 aromatic rings. The predicted molar refractivity (Wildman–Crippen MR) is 166 cm³/mol. The molecular formula is C33H30F3N5O4S. The number of amides is 1. The molecule has 46 heavy (non-hydrogen) atoms. The lowest BCUT2D eigenvalue weighted by atomic mass is 9.91. The monoisotopic (exact) mass is 649 g/mol. The van der Waals surface area contributed by atoms with Gasteiger partial charge in [0.25, 0.3) is 10.0 Å². The van der Waals surface area contributed by atoms with E-state index in [0.29, 0.717) is 25.3 Å². The first-order valence-corrected chi connectivity index (χ1v) is 16.1. The third kappa shape index (κ3) is 6.54. The molecule has 0 unspecified atom stereocenters. The Morgan fingerprint density at radius 3 is 2.50 bits per heavy atom. The number of benzene rings is 3. The number of carbonyl (C=O) groups is 1. The number of ether oxygens (including phenoxy) is 1. The van der Waals surface area contributed by atoms with E-state index >= 15 is 8.78 Å².